The summed E-state index contributed by atoms with van der Waals surface area (Å²) >= 11 is 0. The van der Waals surface area contributed by atoms with Crippen LogP contribution in [0, 0.1) is 0 Å². The predicted molar refractivity (Wildman–Crippen MR) is 75.6 cm³/mol. The molecule has 1 aliphatic rings. The number of nitrogens with zero attached hydrogens (tertiary/aromatic N) is 1. The van der Waals surface area contributed by atoms with Gasteiger partial charge in [0.05, 0.1) is 6.61 Å². The van der Waals surface area contributed by atoms with E-state index >= 15 is 0 Å². The highest BCUT2D eigenvalue weighted by Crippen LogP contribution is 2.16. The van der Waals surface area contributed by atoms with Crippen LogP contribution < -0.4 is 0 Å². The van der Waals surface area contributed by atoms with Crippen molar-refractivity contribution in [3.63, 3.8) is 0 Å². The second-order valence-corrected chi connectivity index (χ2v) is 5.27. The molecule has 0 unspecified atom stereocenters. The summed E-state index contributed by atoms with van der Waals surface area (Å²) in [6.07, 6.45) is 5.29. The molecule has 18 heavy (non-hydrogen) atoms. The maximum atomic E-state index is 5.72. The molecule has 1 aliphatic heterocycles. The summed E-state index contributed by atoms with van der Waals surface area (Å²) in [6, 6.07) is 11.2. The van der Waals surface area contributed by atoms with Crippen LogP contribution in [0.5, 0.6) is 0 Å². The third-order valence-electron chi connectivity index (χ3n) is 3.79. The van der Waals surface area contributed by atoms with Crippen molar-refractivity contribution in [1.29, 1.82) is 0 Å². The maximum Gasteiger partial charge on any atom is 0.0716 e. The summed E-state index contributed by atoms with van der Waals surface area (Å²) in [4.78, 5) is 2.61. The highest BCUT2D eigenvalue weighted by atomic mass is 16.5. The van der Waals surface area contributed by atoms with Gasteiger partial charge in [-0.15, -0.1) is 0 Å². The standard InChI is InChI=1S/C16H25NO/c1-15-8-5-6-11-17(15)12-7-13-18-14-16-9-3-2-4-10-16/h2-4,9-10,15H,5-8,11-14H2,1H3/t15-/m1/s1. The Morgan fingerprint density at radius 3 is 2.83 bits per heavy atom. The highest BCUT2D eigenvalue weighted by molar-refractivity contribution is 5.13. The average molecular weight is 247 g/mol. The first-order valence-corrected chi connectivity index (χ1v) is 7.22. The van der Waals surface area contributed by atoms with Crippen molar-refractivity contribution in [3.8, 4) is 0 Å². The summed E-state index contributed by atoms with van der Waals surface area (Å²) in [5.41, 5.74) is 1.27. The fraction of sp³-hybridized carbons (Fsp3) is 0.625. The molecule has 1 heterocycles. The van der Waals surface area contributed by atoms with E-state index in [2.05, 4.69) is 36.1 Å². The predicted octanol–water partition coefficient (Wildman–Crippen LogP) is 3.47. The van der Waals surface area contributed by atoms with Gasteiger partial charge in [0.15, 0.2) is 0 Å². The van der Waals surface area contributed by atoms with Gasteiger partial charge in [-0.3, -0.25) is 0 Å². The van der Waals surface area contributed by atoms with Crippen LogP contribution in [0.1, 0.15) is 38.2 Å². The molecule has 2 nitrogen and oxygen atoms in total. The molecule has 0 radical (unpaired) electrons. The number of likely N-dealkylation sites (tertiary alicyclic amines) is 1. The molecule has 0 aliphatic carbocycles. The maximum absolute atomic E-state index is 5.72. The number of hydrogen-bond donors (Lipinski definition) is 0. The minimum Gasteiger partial charge on any atom is -0.377 e. The van der Waals surface area contributed by atoms with Gasteiger partial charge < -0.3 is 9.64 Å². The minimum absolute atomic E-state index is 0.746. The van der Waals surface area contributed by atoms with E-state index in [1.165, 1.54) is 37.9 Å². The van der Waals surface area contributed by atoms with Crippen LogP contribution >= 0.6 is 0 Å². The van der Waals surface area contributed by atoms with Crippen LogP contribution in [0.15, 0.2) is 30.3 Å². The summed E-state index contributed by atoms with van der Waals surface area (Å²) in [7, 11) is 0. The van der Waals surface area contributed by atoms with Gasteiger partial charge in [0.2, 0.25) is 0 Å². The lowest BCUT2D eigenvalue weighted by molar-refractivity contribution is 0.0943. The number of hydrogen-bond acceptors (Lipinski definition) is 2. The van der Waals surface area contributed by atoms with Gasteiger partial charge in [0, 0.05) is 19.2 Å². The van der Waals surface area contributed by atoms with E-state index < -0.39 is 0 Å². The molecule has 0 aromatic heterocycles. The normalized spacial score (nSPS) is 21.1. The molecule has 0 amide bonds. The first-order chi connectivity index (χ1) is 8.86. The van der Waals surface area contributed by atoms with Gasteiger partial charge >= 0.3 is 0 Å². The van der Waals surface area contributed by atoms with Gasteiger partial charge in [0.1, 0.15) is 0 Å². The smallest absolute Gasteiger partial charge is 0.0716 e. The fourth-order valence-corrected chi connectivity index (χ4v) is 2.62. The Labute approximate surface area is 111 Å². The molecule has 0 N–H and O–H groups in total. The lowest BCUT2D eigenvalue weighted by Gasteiger charge is -2.33. The zero-order chi connectivity index (χ0) is 12.6. The third-order valence-corrected chi connectivity index (χ3v) is 3.79. The summed E-state index contributed by atoms with van der Waals surface area (Å²) in [6.45, 7) is 6.44. The third kappa shape index (κ3) is 4.43. The molecular formula is C16H25NO. The topological polar surface area (TPSA) is 12.5 Å². The zero-order valence-electron chi connectivity index (χ0n) is 11.5. The average Bonchev–Trinajstić information content (AvgIpc) is 2.42. The summed E-state index contributed by atoms with van der Waals surface area (Å²) in [5.74, 6) is 0. The van der Waals surface area contributed by atoms with Crippen molar-refractivity contribution in [1.82, 2.24) is 4.90 Å². The molecule has 0 bridgehead atoms. The molecule has 100 valence electrons. The van der Waals surface area contributed by atoms with Gasteiger partial charge in [-0.2, -0.15) is 0 Å². The van der Waals surface area contributed by atoms with Crippen LogP contribution in [0.4, 0.5) is 0 Å². The minimum atomic E-state index is 0.746. The molecule has 1 aromatic rings. The van der Waals surface area contributed by atoms with E-state index in [0.29, 0.717) is 0 Å². The van der Waals surface area contributed by atoms with E-state index in [0.717, 1.165) is 25.7 Å². The van der Waals surface area contributed by atoms with Crippen molar-refractivity contribution in [2.75, 3.05) is 19.7 Å². The number of ether oxygens (including phenoxy) is 1. The van der Waals surface area contributed by atoms with Crippen LogP contribution in [-0.4, -0.2) is 30.6 Å². The highest BCUT2D eigenvalue weighted by Gasteiger charge is 2.16. The van der Waals surface area contributed by atoms with Gasteiger partial charge in [-0.05, 0) is 38.3 Å². The van der Waals surface area contributed by atoms with Crippen molar-refractivity contribution in [2.45, 2.75) is 45.3 Å². The second kappa shape index (κ2) is 7.55. The molecule has 0 saturated carbocycles. The Bertz CT molecular complexity index is 325. The number of rotatable bonds is 6. The lowest BCUT2D eigenvalue weighted by atomic mass is 10.0. The monoisotopic (exact) mass is 247 g/mol. The fourth-order valence-electron chi connectivity index (χ4n) is 2.62. The first-order valence-electron chi connectivity index (χ1n) is 7.22. The van der Waals surface area contributed by atoms with Crippen molar-refractivity contribution in [3.05, 3.63) is 35.9 Å². The van der Waals surface area contributed by atoms with Crippen LogP contribution in [0.25, 0.3) is 0 Å². The van der Waals surface area contributed by atoms with Gasteiger partial charge in [-0.1, -0.05) is 36.8 Å². The van der Waals surface area contributed by atoms with Crippen LogP contribution in [0.2, 0.25) is 0 Å². The van der Waals surface area contributed by atoms with Crippen molar-refractivity contribution >= 4 is 0 Å². The van der Waals surface area contributed by atoms with E-state index in [-0.39, 0.29) is 0 Å². The Kier molecular flexibility index (Phi) is 5.69. The quantitative estimate of drug-likeness (QED) is 0.714. The summed E-state index contributed by atoms with van der Waals surface area (Å²) in [5, 5.41) is 0. The van der Waals surface area contributed by atoms with Gasteiger partial charge in [-0.25, -0.2) is 0 Å². The summed E-state index contributed by atoms with van der Waals surface area (Å²) < 4.78 is 5.72. The number of benzene rings is 1. The Hall–Kier alpha value is -0.860. The zero-order valence-corrected chi connectivity index (χ0v) is 11.5. The Morgan fingerprint density at radius 2 is 2.06 bits per heavy atom. The van der Waals surface area contributed by atoms with E-state index in [1.54, 1.807) is 0 Å². The Morgan fingerprint density at radius 1 is 1.22 bits per heavy atom. The lowest BCUT2D eigenvalue weighted by Crippen LogP contribution is -2.38. The molecular weight excluding hydrogens is 222 g/mol. The SMILES string of the molecule is C[C@@H]1CCCCN1CCCOCc1ccccc1. The molecule has 1 atom stereocenters. The second-order valence-electron chi connectivity index (χ2n) is 5.27. The van der Waals surface area contributed by atoms with Crippen LogP contribution in [-0.2, 0) is 11.3 Å². The molecule has 2 heteroatoms. The van der Waals surface area contributed by atoms with Crippen LogP contribution in [0.3, 0.4) is 0 Å². The first kappa shape index (κ1) is 13.6. The van der Waals surface area contributed by atoms with Crippen molar-refractivity contribution < 1.29 is 4.74 Å². The van der Waals surface area contributed by atoms with E-state index in [4.69, 9.17) is 4.74 Å². The molecule has 2 rings (SSSR count). The molecule has 1 aromatic carbocycles. The largest absolute Gasteiger partial charge is 0.377 e. The number of piperidine rings is 1. The van der Waals surface area contributed by atoms with E-state index in [1.807, 2.05) is 6.07 Å². The van der Waals surface area contributed by atoms with Crippen molar-refractivity contribution in [2.24, 2.45) is 0 Å². The molecule has 1 fully saturated rings. The van der Waals surface area contributed by atoms with Gasteiger partial charge in [0.25, 0.3) is 0 Å². The molecule has 1 saturated heterocycles. The molecule has 0 spiro atoms. The Balaban J connectivity index is 1.56. The van der Waals surface area contributed by atoms with E-state index in [9.17, 15) is 0 Å².